The van der Waals surface area contributed by atoms with Gasteiger partial charge in [0, 0.05) is 29.8 Å². The van der Waals surface area contributed by atoms with Crippen molar-refractivity contribution < 1.29 is 13.9 Å². The highest BCUT2D eigenvalue weighted by molar-refractivity contribution is 5.83. The Morgan fingerprint density at radius 3 is 2.59 bits per heavy atom. The third kappa shape index (κ3) is 3.58. The van der Waals surface area contributed by atoms with Gasteiger partial charge in [0.15, 0.2) is 17.4 Å². The quantitative estimate of drug-likeness (QED) is 0.726. The highest BCUT2D eigenvalue weighted by Gasteiger charge is 2.12. The molecule has 0 saturated carbocycles. The molecule has 2 heterocycles. The van der Waals surface area contributed by atoms with Gasteiger partial charge in [-0.1, -0.05) is 17.9 Å². The molecule has 2 aromatic carbocycles. The molecule has 27 heavy (non-hydrogen) atoms. The van der Waals surface area contributed by atoms with E-state index < -0.39 is 17.4 Å². The fourth-order valence-corrected chi connectivity index (χ4v) is 2.81. The summed E-state index contributed by atoms with van der Waals surface area (Å²) in [6.07, 6.45) is 4.07. The number of phenols is 1. The molecule has 4 rings (SSSR count). The molecule has 0 spiro atoms. The topological polar surface area (TPSA) is 54.6 Å². The minimum Gasteiger partial charge on any atom is -0.503 e. The molecule has 0 radical (unpaired) electrons. The van der Waals surface area contributed by atoms with E-state index in [2.05, 4.69) is 16.8 Å². The van der Waals surface area contributed by atoms with Crippen molar-refractivity contribution in [3.63, 3.8) is 0 Å². The Balaban J connectivity index is 1.67. The first kappa shape index (κ1) is 17.0. The van der Waals surface area contributed by atoms with Crippen LogP contribution < -0.4 is 5.56 Å². The van der Waals surface area contributed by atoms with Crippen LogP contribution in [0.2, 0.25) is 0 Å². The van der Waals surface area contributed by atoms with Crippen LogP contribution >= 0.6 is 0 Å². The number of aliphatic imine (C=N–C) groups is 1. The number of aromatic nitrogens is 1. The number of hydrogen-bond donors (Lipinski definition) is 1. The number of aromatic hydroxyl groups is 1. The molecule has 1 aliphatic heterocycles. The summed E-state index contributed by atoms with van der Waals surface area (Å²) >= 11 is 0. The minimum atomic E-state index is -1.06. The van der Waals surface area contributed by atoms with E-state index in [1.165, 1.54) is 4.57 Å². The van der Waals surface area contributed by atoms with E-state index in [0.717, 1.165) is 23.1 Å². The summed E-state index contributed by atoms with van der Waals surface area (Å²) in [6, 6.07) is 9.39. The average Bonchev–Trinajstić information content (AvgIpc) is 3.47. The predicted octanol–water partition coefficient (Wildman–Crippen LogP) is 3.23. The van der Waals surface area contributed by atoms with Gasteiger partial charge in [-0.2, -0.15) is 0 Å². The van der Waals surface area contributed by atoms with Gasteiger partial charge in [-0.3, -0.25) is 9.79 Å². The van der Waals surface area contributed by atoms with Gasteiger partial charge in [0.2, 0.25) is 0 Å². The Kier molecular flexibility index (Phi) is 4.21. The zero-order valence-electron chi connectivity index (χ0n) is 14.1. The average molecular weight is 364 g/mol. The number of halogens is 2. The van der Waals surface area contributed by atoms with Gasteiger partial charge in [0.05, 0.1) is 12.6 Å². The van der Waals surface area contributed by atoms with Crippen LogP contribution in [0.4, 0.5) is 8.78 Å². The summed E-state index contributed by atoms with van der Waals surface area (Å²) in [7, 11) is 0. The van der Waals surface area contributed by atoms with E-state index in [0.29, 0.717) is 11.8 Å². The van der Waals surface area contributed by atoms with Crippen LogP contribution in [0, 0.1) is 23.5 Å². The van der Waals surface area contributed by atoms with Crippen molar-refractivity contribution in [1.29, 1.82) is 0 Å². The molecule has 4 nitrogen and oxygen atoms in total. The Morgan fingerprint density at radius 2 is 1.89 bits per heavy atom. The van der Waals surface area contributed by atoms with Crippen molar-refractivity contribution in [3.8, 4) is 17.6 Å². The number of hydrogen-bond acceptors (Lipinski definition) is 3. The number of pyridine rings is 1. The van der Waals surface area contributed by atoms with Crippen molar-refractivity contribution >= 4 is 17.0 Å². The van der Waals surface area contributed by atoms with Gasteiger partial charge < -0.3 is 9.67 Å². The van der Waals surface area contributed by atoms with Gasteiger partial charge in [0.25, 0.3) is 5.56 Å². The van der Waals surface area contributed by atoms with Crippen molar-refractivity contribution in [2.75, 3.05) is 0 Å². The van der Waals surface area contributed by atoms with E-state index in [1.807, 2.05) is 18.3 Å². The molecule has 134 valence electrons. The molecule has 1 unspecified atom stereocenters. The number of fused-ring (bicyclic) bond motifs is 1. The summed E-state index contributed by atoms with van der Waals surface area (Å²) in [5, 5.41) is 10.4. The van der Waals surface area contributed by atoms with Gasteiger partial charge in [-0.15, -0.1) is 0 Å². The molecule has 1 atom stereocenters. The van der Waals surface area contributed by atoms with Crippen LogP contribution in [-0.2, 0) is 6.54 Å². The molecule has 0 amide bonds. The van der Waals surface area contributed by atoms with Crippen LogP contribution in [0.25, 0.3) is 10.8 Å². The maximum atomic E-state index is 13.5. The normalized spacial score (nSPS) is 14.8. The zero-order chi connectivity index (χ0) is 19.0. The van der Waals surface area contributed by atoms with Crippen LogP contribution in [0.15, 0.2) is 52.4 Å². The van der Waals surface area contributed by atoms with E-state index in [1.54, 1.807) is 18.3 Å². The van der Waals surface area contributed by atoms with Crippen LogP contribution in [0.5, 0.6) is 5.75 Å². The molecule has 1 N–H and O–H groups in total. The van der Waals surface area contributed by atoms with Crippen molar-refractivity contribution in [2.24, 2.45) is 4.99 Å². The first-order chi connectivity index (χ1) is 13.0. The maximum Gasteiger partial charge on any atom is 0.258 e. The molecule has 0 bridgehead atoms. The molecule has 0 fully saturated rings. The molecule has 6 heteroatoms. The Labute approximate surface area is 153 Å². The molecule has 3 aromatic rings. The molecular formula is C21H14F2N2O2. The van der Waals surface area contributed by atoms with Crippen LogP contribution in [0.1, 0.15) is 17.5 Å². The lowest BCUT2D eigenvalue weighted by Crippen LogP contribution is -2.20. The highest BCUT2D eigenvalue weighted by Crippen LogP contribution is 2.22. The first-order valence-corrected chi connectivity index (χ1v) is 8.33. The SMILES string of the molecule is O=c1c2cc(C#CCC3C=N3)ccc2ccn1Cc1cc(F)c(O)c(F)c1. The van der Waals surface area contributed by atoms with Crippen molar-refractivity contribution in [1.82, 2.24) is 4.57 Å². The Morgan fingerprint density at radius 1 is 1.15 bits per heavy atom. The van der Waals surface area contributed by atoms with E-state index in [-0.39, 0.29) is 23.7 Å². The van der Waals surface area contributed by atoms with Crippen LogP contribution in [0.3, 0.4) is 0 Å². The monoisotopic (exact) mass is 364 g/mol. The van der Waals surface area contributed by atoms with E-state index in [4.69, 9.17) is 0 Å². The summed E-state index contributed by atoms with van der Waals surface area (Å²) in [5.41, 5.74) is 0.680. The van der Waals surface area contributed by atoms with Gasteiger partial charge >= 0.3 is 0 Å². The third-order valence-corrected chi connectivity index (χ3v) is 4.31. The first-order valence-electron chi connectivity index (χ1n) is 8.33. The predicted molar refractivity (Wildman–Crippen MR) is 99.1 cm³/mol. The number of nitrogens with zero attached hydrogens (tertiary/aromatic N) is 2. The number of phenolic OH excluding ortho intramolecular Hbond substituents is 1. The maximum absolute atomic E-state index is 13.5. The second-order valence-electron chi connectivity index (χ2n) is 6.33. The lowest BCUT2D eigenvalue weighted by molar-refractivity contribution is 0.395. The van der Waals surface area contributed by atoms with Crippen LogP contribution in [-0.4, -0.2) is 21.9 Å². The fourth-order valence-electron chi connectivity index (χ4n) is 2.81. The molecular weight excluding hydrogens is 350 g/mol. The highest BCUT2D eigenvalue weighted by atomic mass is 19.1. The summed E-state index contributed by atoms with van der Waals surface area (Å²) < 4.78 is 28.4. The third-order valence-electron chi connectivity index (χ3n) is 4.31. The lowest BCUT2D eigenvalue weighted by Gasteiger charge is -2.09. The number of benzene rings is 2. The Bertz CT molecular complexity index is 1170. The Hall–Kier alpha value is -3.46. The summed E-state index contributed by atoms with van der Waals surface area (Å²) in [5.74, 6) is 2.91. The fraction of sp³-hybridized carbons (Fsp3) is 0.143. The molecule has 1 aromatic heterocycles. The van der Waals surface area contributed by atoms with E-state index in [9.17, 15) is 18.7 Å². The smallest absolute Gasteiger partial charge is 0.258 e. The van der Waals surface area contributed by atoms with E-state index >= 15 is 0 Å². The molecule has 1 aliphatic rings. The van der Waals surface area contributed by atoms with Gasteiger partial charge in [-0.05, 0) is 41.3 Å². The standard InChI is InChI=1S/C21H14F2N2O2/c22-18-9-14(10-19(23)20(18)26)12-25-7-6-15-5-4-13(8-17(15)21(25)27)2-1-3-16-11-24-16/h4-11,16,26H,3,12H2. The van der Waals surface area contributed by atoms with Crippen molar-refractivity contribution in [3.05, 3.63) is 75.7 Å². The van der Waals surface area contributed by atoms with Gasteiger partial charge in [-0.25, -0.2) is 8.78 Å². The second-order valence-corrected chi connectivity index (χ2v) is 6.33. The lowest BCUT2D eigenvalue weighted by atomic mass is 10.1. The van der Waals surface area contributed by atoms with Crippen molar-refractivity contribution in [2.45, 2.75) is 19.0 Å². The number of rotatable bonds is 3. The summed E-state index contributed by atoms with van der Waals surface area (Å²) in [6.45, 7) is -0.0161. The minimum absolute atomic E-state index is 0.0161. The molecule has 0 aliphatic carbocycles. The molecule has 0 saturated heterocycles. The zero-order valence-corrected chi connectivity index (χ0v) is 14.1. The largest absolute Gasteiger partial charge is 0.503 e. The van der Waals surface area contributed by atoms with Gasteiger partial charge in [0.1, 0.15) is 0 Å². The second kappa shape index (κ2) is 6.69. The summed E-state index contributed by atoms with van der Waals surface area (Å²) in [4.78, 5) is 16.8.